The molecule has 1 aliphatic heterocycles. The Hall–Kier alpha value is -3.06. The number of carbonyl (C=O) groups is 2. The number of fused-ring (bicyclic) bond motifs is 1. The number of likely N-dealkylation sites (tertiary alicyclic amines) is 1. The number of anilines is 1. The van der Waals surface area contributed by atoms with E-state index >= 15 is 0 Å². The van der Waals surface area contributed by atoms with Crippen LogP contribution in [0.3, 0.4) is 0 Å². The first-order chi connectivity index (χ1) is 17.3. The van der Waals surface area contributed by atoms with E-state index < -0.39 is 0 Å². The lowest BCUT2D eigenvalue weighted by molar-refractivity contribution is -0.114. The summed E-state index contributed by atoms with van der Waals surface area (Å²) in [5.74, 6) is -0.519. The van der Waals surface area contributed by atoms with Crippen LogP contribution in [-0.2, 0) is 4.79 Å². The summed E-state index contributed by atoms with van der Waals surface area (Å²) < 4.78 is 6.04. The number of nitrogens with zero attached hydrogens (tertiary/aromatic N) is 2. The highest BCUT2D eigenvalue weighted by Crippen LogP contribution is 2.41. The topological polar surface area (TPSA) is 75.4 Å². The van der Waals surface area contributed by atoms with Crippen molar-refractivity contribution in [2.24, 2.45) is 0 Å². The summed E-state index contributed by atoms with van der Waals surface area (Å²) in [7, 11) is 0. The first kappa shape index (κ1) is 24.6. The SMILES string of the molecule is CC(=O)Nc1c(C(=O)N2CCCCC2)oc2nc(-c3ccc(Cl)cc3Cl)c(-c3ccc(Cl)cc3)cc12. The number of halogens is 3. The predicted molar refractivity (Wildman–Crippen MR) is 144 cm³/mol. The lowest BCUT2D eigenvalue weighted by atomic mass is 9.98. The first-order valence-corrected chi connectivity index (χ1v) is 12.7. The third-order valence-electron chi connectivity index (χ3n) is 6.16. The number of rotatable bonds is 4. The molecule has 0 bridgehead atoms. The molecule has 0 atom stereocenters. The molecular weight excluding hydrogens is 521 g/mol. The Labute approximate surface area is 223 Å². The van der Waals surface area contributed by atoms with Gasteiger partial charge >= 0.3 is 0 Å². The van der Waals surface area contributed by atoms with Crippen molar-refractivity contribution in [2.75, 3.05) is 18.4 Å². The van der Waals surface area contributed by atoms with Gasteiger partial charge in [0.25, 0.3) is 5.91 Å². The van der Waals surface area contributed by atoms with Gasteiger partial charge in [-0.15, -0.1) is 0 Å². The third kappa shape index (κ3) is 4.81. The zero-order valence-corrected chi connectivity index (χ0v) is 21.7. The van der Waals surface area contributed by atoms with E-state index in [2.05, 4.69) is 5.32 Å². The van der Waals surface area contributed by atoms with Crippen LogP contribution in [0.5, 0.6) is 0 Å². The molecule has 184 valence electrons. The van der Waals surface area contributed by atoms with Gasteiger partial charge in [-0.05, 0) is 61.2 Å². The van der Waals surface area contributed by atoms with Gasteiger partial charge < -0.3 is 14.6 Å². The molecule has 0 saturated carbocycles. The zero-order valence-electron chi connectivity index (χ0n) is 19.4. The molecule has 0 aliphatic carbocycles. The van der Waals surface area contributed by atoms with Crippen molar-refractivity contribution in [1.29, 1.82) is 0 Å². The highest BCUT2D eigenvalue weighted by Gasteiger charge is 2.29. The highest BCUT2D eigenvalue weighted by molar-refractivity contribution is 6.36. The molecule has 0 radical (unpaired) electrons. The van der Waals surface area contributed by atoms with Gasteiger partial charge in [-0.2, -0.15) is 0 Å². The molecule has 1 fully saturated rings. The largest absolute Gasteiger partial charge is 0.430 e. The molecule has 0 spiro atoms. The Morgan fingerprint density at radius 2 is 1.61 bits per heavy atom. The second-order valence-electron chi connectivity index (χ2n) is 8.71. The van der Waals surface area contributed by atoms with Gasteiger partial charge in [-0.25, -0.2) is 4.98 Å². The molecule has 1 N–H and O–H groups in total. The van der Waals surface area contributed by atoms with E-state index in [0.717, 1.165) is 30.4 Å². The maximum absolute atomic E-state index is 13.4. The number of amides is 2. The normalized spacial score (nSPS) is 13.7. The van der Waals surface area contributed by atoms with Gasteiger partial charge in [-0.3, -0.25) is 9.59 Å². The van der Waals surface area contributed by atoms with Gasteiger partial charge in [0.2, 0.25) is 17.4 Å². The van der Waals surface area contributed by atoms with Crippen LogP contribution in [-0.4, -0.2) is 34.8 Å². The van der Waals surface area contributed by atoms with Crippen molar-refractivity contribution in [3.63, 3.8) is 0 Å². The number of carbonyl (C=O) groups excluding carboxylic acids is 2. The van der Waals surface area contributed by atoms with E-state index in [-0.39, 0.29) is 23.3 Å². The molecule has 9 heteroatoms. The van der Waals surface area contributed by atoms with Crippen molar-refractivity contribution in [2.45, 2.75) is 26.2 Å². The van der Waals surface area contributed by atoms with Crippen LogP contribution in [0, 0.1) is 0 Å². The lowest BCUT2D eigenvalue weighted by Crippen LogP contribution is -2.35. The Morgan fingerprint density at radius 3 is 2.28 bits per heavy atom. The molecule has 4 aromatic rings. The molecule has 0 unspecified atom stereocenters. The van der Waals surface area contributed by atoms with E-state index in [1.165, 1.54) is 6.92 Å². The van der Waals surface area contributed by atoms with Gasteiger partial charge in [0.05, 0.1) is 16.1 Å². The molecule has 1 aliphatic rings. The Morgan fingerprint density at radius 1 is 0.917 bits per heavy atom. The van der Waals surface area contributed by atoms with E-state index in [1.807, 2.05) is 18.2 Å². The summed E-state index contributed by atoms with van der Waals surface area (Å²) in [5.41, 5.74) is 3.28. The average Bonchev–Trinajstić information content (AvgIpc) is 3.20. The minimum absolute atomic E-state index is 0.0657. The van der Waals surface area contributed by atoms with Gasteiger partial charge in [0, 0.05) is 41.2 Å². The molecular formula is C27H22Cl3N3O3. The molecule has 5 rings (SSSR count). The summed E-state index contributed by atoms with van der Waals surface area (Å²) in [6.07, 6.45) is 2.94. The predicted octanol–water partition coefficient (Wildman–Crippen LogP) is 7.71. The summed E-state index contributed by atoms with van der Waals surface area (Å²) in [4.78, 5) is 32.1. The van der Waals surface area contributed by atoms with Crippen LogP contribution in [0.25, 0.3) is 33.5 Å². The molecule has 6 nitrogen and oxygen atoms in total. The van der Waals surface area contributed by atoms with Crippen molar-refractivity contribution < 1.29 is 14.0 Å². The second kappa shape index (κ2) is 10.1. The summed E-state index contributed by atoms with van der Waals surface area (Å²) >= 11 is 18.8. The third-order valence-corrected chi connectivity index (χ3v) is 6.96. The van der Waals surface area contributed by atoms with Crippen molar-refractivity contribution in [3.05, 3.63) is 69.4 Å². The minimum Gasteiger partial charge on any atom is -0.430 e. The van der Waals surface area contributed by atoms with Gasteiger partial charge in [-0.1, -0.05) is 46.9 Å². The van der Waals surface area contributed by atoms with Crippen LogP contribution in [0.1, 0.15) is 36.7 Å². The summed E-state index contributed by atoms with van der Waals surface area (Å²) in [6.45, 7) is 2.68. The number of pyridine rings is 1. The Balaban J connectivity index is 1.76. The number of furan rings is 1. The Kier molecular flexibility index (Phi) is 6.93. The standard InChI is InChI=1S/C27H22Cl3N3O3/c1-15(34)31-24-21-14-20(16-5-7-17(28)8-6-16)23(19-10-9-18(29)13-22(19)30)32-26(21)36-25(24)27(35)33-11-3-2-4-12-33/h5-10,13-14H,2-4,11-12H2,1H3,(H,31,34). The molecule has 3 heterocycles. The van der Waals surface area contributed by atoms with E-state index in [4.69, 9.17) is 44.2 Å². The van der Waals surface area contributed by atoms with Crippen LogP contribution in [0.15, 0.2) is 52.9 Å². The lowest BCUT2D eigenvalue weighted by Gasteiger charge is -2.26. The smallest absolute Gasteiger partial charge is 0.291 e. The molecule has 36 heavy (non-hydrogen) atoms. The van der Waals surface area contributed by atoms with Crippen LogP contribution in [0.2, 0.25) is 15.1 Å². The Bertz CT molecular complexity index is 1480. The van der Waals surface area contributed by atoms with Crippen LogP contribution < -0.4 is 5.32 Å². The number of aromatic nitrogens is 1. The van der Waals surface area contributed by atoms with Crippen LogP contribution in [0.4, 0.5) is 5.69 Å². The average molecular weight is 543 g/mol. The monoisotopic (exact) mass is 541 g/mol. The fourth-order valence-corrected chi connectivity index (χ4v) is 5.07. The number of piperidine rings is 1. The quantitative estimate of drug-likeness (QED) is 0.287. The summed E-state index contributed by atoms with van der Waals surface area (Å²) in [6, 6.07) is 14.3. The summed E-state index contributed by atoms with van der Waals surface area (Å²) in [5, 5.41) is 4.83. The van der Waals surface area contributed by atoms with Gasteiger partial charge in [0.1, 0.15) is 5.69 Å². The zero-order chi connectivity index (χ0) is 25.4. The van der Waals surface area contributed by atoms with E-state index in [1.54, 1.807) is 35.2 Å². The fourth-order valence-electron chi connectivity index (χ4n) is 4.45. The number of hydrogen-bond donors (Lipinski definition) is 1. The van der Waals surface area contributed by atoms with Crippen molar-refractivity contribution in [3.8, 4) is 22.4 Å². The maximum atomic E-state index is 13.4. The molecule has 2 aromatic heterocycles. The van der Waals surface area contributed by atoms with E-state index in [0.29, 0.717) is 50.5 Å². The van der Waals surface area contributed by atoms with Crippen molar-refractivity contribution in [1.82, 2.24) is 9.88 Å². The maximum Gasteiger partial charge on any atom is 0.291 e. The number of benzene rings is 2. The second-order valence-corrected chi connectivity index (χ2v) is 9.99. The molecule has 2 amide bonds. The molecule has 2 aromatic carbocycles. The number of nitrogens with one attached hydrogen (secondary N) is 1. The highest BCUT2D eigenvalue weighted by atomic mass is 35.5. The molecule has 1 saturated heterocycles. The van der Waals surface area contributed by atoms with Crippen molar-refractivity contribution >= 4 is 63.4 Å². The fraction of sp³-hybridized carbons (Fsp3) is 0.222. The number of hydrogen-bond acceptors (Lipinski definition) is 4. The van der Waals surface area contributed by atoms with Crippen LogP contribution >= 0.6 is 34.8 Å². The van der Waals surface area contributed by atoms with E-state index in [9.17, 15) is 9.59 Å². The minimum atomic E-state index is -0.316. The van der Waals surface area contributed by atoms with Gasteiger partial charge in [0.15, 0.2) is 0 Å². The first-order valence-electron chi connectivity index (χ1n) is 11.6.